The van der Waals surface area contributed by atoms with Gasteiger partial charge < -0.3 is 24.8 Å². The Morgan fingerprint density at radius 2 is 1.61 bits per heavy atom. The summed E-state index contributed by atoms with van der Waals surface area (Å²) in [6, 6.07) is 2.59. The van der Waals surface area contributed by atoms with Crippen molar-refractivity contribution in [3.8, 4) is 0 Å². The molecule has 31 heavy (non-hydrogen) atoms. The van der Waals surface area contributed by atoms with Gasteiger partial charge in [0.1, 0.15) is 17.9 Å². The lowest BCUT2D eigenvalue weighted by Crippen LogP contribution is -2.56. The van der Waals surface area contributed by atoms with Gasteiger partial charge in [-0.3, -0.25) is 19.2 Å². The molecule has 0 aliphatic rings. The van der Waals surface area contributed by atoms with Gasteiger partial charge in [0.05, 0.1) is 33.7 Å². The molecule has 0 aliphatic carbocycles. The Bertz CT molecular complexity index is 829. The molecule has 1 aromatic rings. The third-order valence-corrected chi connectivity index (χ3v) is 4.30. The lowest BCUT2D eigenvalue weighted by atomic mass is 9.95. The molecule has 3 atom stereocenters. The molecule has 0 aliphatic heterocycles. The van der Waals surface area contributed by atoms with E-state index in [1.807, 2.05) is 0 Å². The van der Waals surface area contributed by atoms with Gasteiger partial charge in [-0.15, -0.1) is 0 Å². The zero-order valence-electron chi connectivity index (χ0n) is 17.6. The summed E-state index contributed by atoms with van der Waals surface area (Å²) in [6.07, 6.45) is -0.672. The van der Waals surface area contributed by atoms with Crippen molar-refractivity contribution < 1.29 is 42.6 Å². The van der Waals surface area contributed by atoms with Gasteiger partial charge in [0, 0.05) is 13.3 Å². The number of nitrogens with one attached hydrogen (secondary N) is 2. The zero-order valence-corrected chi connectivity index (χ0v) is 17.6. The monoisotopic (exact) mass is 440 g/mol. The van der Waals surface area contributed by atoms with Crippen LogP contribution in [0.4, 0.5) is 4.39 Å². The second-order valence-corrected chi connectivity index (χ2v) is 6.51. The summed E-state index contributed by atoms with van der Waals surface area (Å²) in [5.41, 5.74) is 0.405. The van der Waals surface area contributed by atoms with Gasteiger partial charge in [-0.05, 0) is 17.7 Å². The third kappa shape index (κ3) is 8.03. The van der Waals surface area contributed by atoms with E-state index in [4.69, 9.17) is 0 Å². The van der Waals surface area contributed by atoms with E-state index in [9.17, 15) is 28.4 Å². The van der Waals surface area contributed by atoms with Crippen molar-refractivity contribution in [1.29, 1.82) is 0 Å². The van der Waals surface area contributed by atoms with Crippen LogP contribution in [-0.4, -0.2) is 63.1 Å². The molecular formula is C20H25FN2O8. The van der Waals surface area contributed by atoms with Crippen molar-refractivity contribution in [3.05, 3.63) is 35.6 Å². The van der Waals surface area contributed by atoms with Gasteiger partial charge in [0.25, 0.3) is 0 Å². The van der Waals surface area contributed by atoms with E-state index in [1.165, 1.54) is 25.1 Å². The van der Waals surface area contributed by atoms with Gasteiger partial charge in [-0.1, -0.05) is 12.1 Å². The number of carbonyl (C=O) groups excluding carboxylic acids is 5. The fourth-order valence-electron chi connectivity index (χ4n) is 2.81. The van der Waals surface area contributed by atoms with Crippen molar-refractivity contribution in [1.82, 2.24) is 10.6 Å². The molecule has 0 spiro atoms. The normalized spacial score (nSPS) is 13.2. The molecule has 11 heteroatoms. The van der Waals surface area contributed by atoms with Gasteiger partial charge in [-0.2, -0.15) is 0 Å². The fourth-order valence-corrected chi connectivity index (χ4v) is 2.81. The van der Waals surface area contributed by atoms with Gasteiger partial charge in [-0.25, -0.2) is 9.18 Å². The van der Waals surface area contributed by atoms with Crippen LogP contribution in [0.2, 0.25) is 0 Å². The quantitative estimate of drug-likeness (QED) is 0.380. The molecule has 0 radical (unpaired) electrons. The highest BCUT2D eigenvalue weighted by Crippen LogP contribution is 2.15. The van der Waals surface area contributed by atoms with Crippen molar-refractivity contribution >= 4 is 29.7 Å². The first kappa shape index (κ1) is 25.5. The van der Waals surface area contributed by atoms with Crippen LogP contribution in [0.1, 0.15) is 18.9 Å². The number of amides is 2. The summed E-state index contributed by atoms with van der Waals surface area (Å²) < 4.78 is 27.3. The Kier molecular flexibility index (Phi) is 10.1. The molecule has 2 amide bonds. The smallest absolute Gasteiger partial charge is 0.329 e. The summed E-state index contributed by atoms with van der Waals surface area (Å²) in [7, 11) is 3.17. The van der Waals surface area contributed by atoms with Gasteiger partial charge in [0.2, 0.25) is 11.8 Å². The lowest BCUT2D eigenvalue weighted by Gasteiger charge is -2.26. The number of halogens is 1. The SMILES string of the molecule is COC(=O)C[C@H](C(=O)OC)[C@@H](NC(=O)[C@H](Cc1cccc(F)c1)NC(C)=O)C(=O)OC. The number of ether oxygens (including phenoxy) is 3. The molecule has 170 valence electrons. The molecule has 1 aromatic carbocycles. The molecule has 10 nitrogen and oxygen atoms in total. The van der Waals surface area contributed by atoms with Crippen LogP contribution in [0.5, 0.6) is 0 Å². The molecule has 0 saturated heterocycles. The van der Waals surface area contributed by atoms with E-state index in [1.54, 1.807) is 6.07 Å². The standard InChI is InChI=1S/C20H25FN2O8/c1-11(24)22-15(9-12-6-5-7-13(21)8-12)18(26)23-17(20(28)31-4)14(19(27)30-3)10-16(25)29-2/h5-8,14-15,17H,9-10H2,1-4H3,(H,22,24)(H,23,26)/t14-,15-,17+/m0/s1. The second kappa shape index (κ2) is 12.3. The highest BCUT2D eigenvalue weighted by Gasteiger charge is 2.39. The molecular weight excluding hydrogens is 415 g/mol. The molecule has 2 N–H and O–H groups in total. The minimum absolute atomic E-state index is 0.100. The van der Waals surface area contributed by atoms with Crippen LogP contribution < -0.4 is 10.6 Å². The maximum absolute atomic E-state index is 13.5. The highest BCUT2D eigenvalue weighted by molar-refractivity contribution is 5.94. The predicted molar refractivity (Wildman–Crippen MR) is 104 cm³/mol. The van der Waals surface area contributed by atoms with E-state index in [0.29, 0.717) is 5.56 Å². The van der Waals surface area contributed by atoms with Crippen LogP contribution in [0, 0.1) is 11.7 Å². The minimum atomic E-state index is -1.60. The first-order valence-electron chi connectivity index (χ1n) is 9.17. The maximum Gasteiger partial charge on any atom is 0.329 e. The van der Waals surface area contributed by atoms with Gasteiger partial charge >= 0.3 is 17.9 Å². The van der Waals surface area contributed by atoms with Crippen molar-refractivity contribution in [3.63, 3.8) is 0 Å². The first-order valence-corrected chi connectivity index (χ1v) is 9.17. The van der Waals surface area contributed by atoms with Crippen molar-refractivity contribution in [2.45, 2.75) is 31.8 Å². The predicted octanol–water partition coefficient (Wildman–Crippen LogP) is -0.117. The molecule has 0 aromatic heterocycles. The lowest BCUT2D eigenvalue weighted by molar-refractivity contribution is -0.159. The number of esters is 3. The topological polar surface area (TPSA) is 137 Å². The zero-order chi connectivity index (χ0) is 23.6. The van der Waals surface area contributed by atoms with Crippen LogP contribution >= 0.6 is 0 Å². The summed E-state index contributed by atoms with van der Waals surface area (Å²) >= 11 is 0. The van der Waals surface area contributed by atoms with E-state index in [0.717, 1.165) is 21.3 Å². The molecule has 0 bridgehead atoms. The second-order valence-electron chi connectivity index (χ2n) is 6.51. The van der Waals surface area contributed by atoms with E-state index in [2.05, 4.69) is 24.8 Å². The molecule has 1 rings (SSSR count). The van der Waals surface area contributed by atoms with Gasteiger partial charge in [0.15, 0.2) is 0 Å². The van der Waals surface area contributed by atoms with Crippen LogP contribution in [0.15, 0.2) is 24.3 Å². The average molecular weight is 440 g/mol. The Morgan fingerprint density at radius 3 is 2.13 bits per heavy atom. The average Bonchev–Trinajstić information content (AvgIpc) is 2.73. The van der Waals surface area contributed by atoms with E-state index in [-0.39, 0.29) is 6.42 Å². The first-order chi connectivity index (χ1) is 14.6. The van der Waals surface area contributed by atoms with Crippen molar-refractivity contribution in [2.24, 2.45) is 5.92 Å². The number of rotatable bonds is 10. The Hall–Kier alpha value is -3.50. The molecule has 0 saturated carbocycles. The molecule has 0 heterocycles. The number of benzene rings is 1. The summed E-state index contributed by atoms with van der Waals surface area (Å²) in [6.45, 7) is 1.18. The fraction of sp³-hybridized carbons (Fsp3) is 0.450. The largest absolute Gasteiger partial charge is 0.469 e. The van der Waals surface area contributed by atoms with Crippen LogP contribution in [-0.2, 0) is 44.6 Å². The Morgan fingerprint density at radius 1 is 0.968 bits per heavy atom. The summed E-state index contributed by atoms with van der Waals surface area (Å²) in [5, 5.41) is 4.73. The number of carbonyl (C=O) groups is 5. The number of hydrogen-bond donors (Lipinski definition) is 2. The number of hydrogen-bond acceptors (Lipinski definition) is 8. The molecule has 0 unspecified atom stereocenters. The maximum atomic E-state index is 13.5. The number of methoxy groups -OCH3 is 3. The van der Waals surface area contributed by atoms with Crippen LogP contribution in [0.3, 0.4) is 0 Å². The minimum Gasteiger partial charge on any atom is -0.469 e. The van der Waals surface area contributed by atoms with Crippen molar-refractivity contribution in [2.75, 3.05) is 21.3 Å². The van der Waals surface area contributed by atoms with Crippen LogP contribution in [0.25, 0.3) is 0 Å². The summed E-state index contributed by atoms with van der Waals surface area (Å²) in [5.74, 6) is -6.17. The van der Waals surface area contributed by atoms with E-state index >= 15 is 0 Å². The third-order valence-electron chi connectivity index (χ3n) is 4.30. The highest BCUT2D eigenvalue weighted by atomic mass is 19.1. The van der Waals surface area contributed by atoms with E-state index < -0.39 is 60.0 Å². The summed E-state index contributed by atoms with van der Waals surface area (Å²) in [4.78, 5) is 60.6. The Balaban J connectivity index is 3.18. The Labute approximate surface area is 178 Å². The molecule has 0 fully saturated rings.